The molecule has 13 heavy (non-hydrogen) atoms. The first kappa shape index (κ1) is 12.0. The average molecular weight is 182 g/mol. The van der Waals surface area contributed by atoms with Crippen LogP contribution < -0.4 is 5.32 Å². The number of amides is 1. The summed E-state index contributed by atoms with van der Waals surface area (Å²) in [6.45, 7) is 5.00. The SMILES string of the molecule is C#CCN(CCC)C(=O)C(C)NC. The van der Waals surface area contributed by atoms with E-state index < -0.39 is 0 Å². The van der Waals surface area contributed by atoms with Gasteiger partial charge in [-0.05, 0) is 20.4 Å². The van der Waals surface area contributed by atoms with E-state index in [1.807, 2.05) is 13.8 Å². The minimum absolute atomic E-state index is 0.0716. The van der Waals surface area contributed by atoms with Gasteiger partial charge in [0.05, 0.1) is 12.6 Å². The first-order valence-corrected chi connectivity index (χ1v) is 4.56. The molecule has 0 aromatic heterocycles. The van der Waals surface area contributed by atoms with E-state index in [9.17, 15) is 4.79 Å². The maximum atomic E-state index is 11.6. The van der Waals surface area contributed by atoms with Crippen LogP contribution in [0.25, 0.3) is 0 Å². The number of likely N-dealkylation sites (N-methyl/N-ethyl adjacent to an activating group) is 1. The van der Waals surface area contributed by atoms with Gasteiger partial charge < -0.3 is 10.2 Å². The molecule has 0 bridgehead atoms. The Balaban J connectivity index is 4.19. The lowest BCUT2D eigenvalue weighted by Gasteiger charge is -2.22. The zero-order valence-corrected chi connectivity index (χ0v) is 8.63. The van der Waals surface area contributed by atoms with E-state index in [1.54, 1.807) is 11.9 Å². The van der Waals surface area contributed by atoms with Crippen LogP contribution in [0.1, 0.15) is 20.3 Å². The molecule has 1 atom stereocenters. The van der Waals surface area contributed by atoms with Crippen molar-refractivity contribution in [2.75, 3.05) is 20.1 Å². The fourth-order valence-electron chi connectivity index (χ4n) is 1.04. The van der Waals surface area contributed by atoms with Crippen molar-refractivity contribution < 1.29 is 4.79 Å². The molecule has 0 radical (unpaired) electrons. The molecule has 0 saturated carbocycles. The topological polar surface area (TPSA) is 32.3 Å². The van der Waals surface area contributed by atoms with Crippen LogP contribution in [0.5, 0.6) is 0 Å². The van der Waals surface area contributed by atoms with Gasteiger partial charge in [-0.25, -0.2) is 0 Å². The van der Waals surface area contributed by atoms with Crippen molar-refractivity contribution >= 4 is 5.91 Å². The monoisotopic (exact) mass is 182 g/mol. The van der Waals surface area contributed by atoms with Crippen LogP contribution in [0.2, 0.25) is 0 Å². The second-order valence-corrected chi connectivity index (χ2v) is 2.97. The van der Waals surface area contributed by atoms with Gasteiger partial charge in [0.2, 0.25) is 5.91 Å². The largest absolute Gasteiger partial charge is 0.330 e. The number of carbonyl (C=O) groups is 1. The summed E-state index contributed by atoms with van der Waals surface area (Å²) in [5.41, 5.74) is 0. The summed E-state index contributed by atoms with van der Waals surface area (Å²) in [7, 11) is 1.77. The van der Waals surface area contributed by atoms with E-state index in [4.69, 9.17) is 6.42 Å². The van der Waals surface area contributed by atoms with Crippen molar-refractivity contribution in [1.82, 2.24) is 10.2 Å². The molecular formula is C10H18N2O. The summed E-state index contributed by atoms with van der Waals surface area (Å²) < 4.78 is 0. The molecule has 1 unspecified atom stereocenters. The molecule has 0 heterocycles. The second kappa shape index (κ2) is 6.50. The highest BCUT2D eigenvalue weighted by Gasteiger charge is 2.16. The minimum atomic E-state index is -0.153. The van der Waals surface area contributed by atoms with E-state index in [-0.39, 0.29) is 11.9 Å². The highest BCUT2D eigenvalue weighted by Crippen LogP contribution is 1.96. The lowest BCUT2D eigenvalue weighted by Crippen LogP contribution is -2.44. The average Bonchev–Trinajstić information content (AvgIpc) is 2.15. The molecule has 1 amide bonds. The molecule has 0 rings (SSSR count). The van der Waals surface area contributed by atoms with Gasteiger partial charge in [-0.15, -0.1) is 6.42 Å². The summed E-state index contributed by atoms with van der Waals surface area (Å²) in [5, 5.41) is 2.90. The Morgan fingerprint density at radius 3 is 2.69 bits per heavy atom. The Hall–Kier alpha value is -1.01. The molecule has 0 fully saturated rings. The highest BCUT2D eigenvalue weighted by atomic mass is 16.2. The number of terminal acetylenes is 1. The molecular weight excluding hydrogens is 164 g/mol. The van der Waals surface area contributed by atoms with Gasteiger partial charge in [-0.1, -0.05) is 12.8 Å². The van der Waals surface area contributed by atoms with Crippen molar-refractivity contribution in [2.45, 2.75) is 26.3 Å². The minimum Gasteiger partial charge on any atom is -0.330 e. The second-order valence-electron chi connectivity index (χ2n) is 2.97. The van der Waals surface area contributed by atoms with Crippen LogP contribution >= 0.6 is 0 Å². The lowest BCUT2D eigenvalue weighted by molar-refractivity contribution is -0.132. The maximum Gasteiger partial charge on any atom is 0.240 e. The van der Waals surface area contributed by atoms with Crippen molar-refractivity contribution in [3.05, 3.63) is 0 Å². The predicted molar refractivity (Wildman–Crippen MR) is 54.2 cm³/mol. The van der Waals surface area contributed by atoms with Crippen LogP contribution in [0.15, 0.2) is 0 Å². The van der Waals surface area contributed by atoms with E-state index >= 15 is 0 Å². The van der Waals surface area contributed by atoms with Gasteiger partial charge >= 0.3 is 0 Å². The number of rotatable bonds is 5. The normalized spacial score (nSPS) is 11.8. The number of nitrogens with zero attached hydrogens (tertiary/aromatic N) is 1. The quantitative estimate of drug-likeness (QED) is 0.627. The molecule has 1 N–H and O–H groups in total. The fourth-order valence-corrected chi connectivity index (χ4v) is 1.04. The van der Waals surface area contributed by atoms with Gasteiger partial charge in [0, 0.05) is 6.54 Å². The standard InChI is InChI=1S/C10H18N2O/c1-5-7-12(8-6-2)10(13)9(3)11-4/h1,9,11H,6-8H2,2-4H3. The molecule has 0 aliphatic heterocycles. The van der Waals surface area contributed by atoms with Gasteiger partial charge in [0.15, 0.2) is 0 Å². The van der Waals surface area contributed by atoms with Crippen LogP contribution in [-0.4, -0.2) is 37.0 Å². The van der Waals surface area contributed by atoms with E-state index in [2.05, 4.69) is 11.2 Å². The molecule has 0 aliphatic rings. The first-order chi connectivity index (χ1) is 6.17. The van der Waals surface area contributed by atoms with E-state index in [1.165, 1.54) is 0 Å². The van der Waals surface area contributed by atoms with Crippen LogP contribution in [0.4, 0.5) is 0 Å². The number of carbonyl (C=O) groups excluding carboxylic acids is 1. The molecule has 74 valence electrons. The molecule has 3 nitrogen and oxygen atoms in total. The summed E-state index contributed by atoms with van der Waals surface area (Å²) in [4.78, 5) is 13.3. The van der Waals surface area contributed by atoms with Gasteiger partial charge in [0.25, 0.3) is 0 Å². The van der Waals surface area contributed by atoms with E-state index in [0.717, 1.165) is 13.0 Å². The zero-order valence-electron chi connectivity index (χ0n) is 8.63. The third-order valence-electron chi connectivity index (χ3n) is 1.89. The third kappa shape index (κ3) is 3.95. The third-order valence-corrected chi connectivity index (χ3v) is 1.89. The van der Waals surface area contributed by atoms with Gasteiger partial charge in [-0.2, -0.15) is 0 Å². The molecule has 0 aliphatic carbocycles. The highest BCUT2D eigenvalue weighted by molar-refractivity contribution is 5.81. The van der Waals surface area contributed by atoms with Gasteiger partial charge in [0.1, 0.15) is 0 Å². The Kier molecular flexibility index (Phi) is 5.99. The van der Waals surface area contributed by atoms with Crippen LogP contribution in [0.3, 0.4) is 0 Å². The molecule has 0 spiro atoms. The summed E-state index contributed by atoms with van der Waals surface area (Å²) in [5.74, 6) is 2.56. The summed E-state index contributed by atoms with van der Waals surface area (Å²) in [6.07, 6.45) is 6.11. The molecule has 0 aromatic rings. The molecule has 0 aromatic carbocycles. The van der Waals surface area contributed by atoms with Crippen LogP contribution in [0, 0.1) is 12.3 Å². The molecule has 3 heteroatoms. The predicted octanol–water partition coefficient (Wildman–Crippen LogP) is 0.466. The number of hydrogen-bond donors (Lipinski definition) is 1. The Labute approximate surface area is 80.5 Å². The van der Waals surface area contributed by atoms with Crippen LogP contribution in [-0.2, 0) is 4.79 Å². The van der Waals surface area contributed by atoms with Gasteiger partial charge in [-0.3, -0.25) is 4.79 Å². The summed E-state index contributed by atoms with van der Waals surface area (Å²) in [6, 6.07) is -0.153. The summed E-state index contributed by atoms with van der Waals surface area (Å²) >= 11 is 0. The molecule has 0 saturated heterocycles. The van der Waals surface area contributed by atoms with E-state index in [0.29, 0.717) is 6.54 Å². The van der Waals surface area contributed by atoms with Crippen molar-refractivity contribution in [3.8, 4) is 12.3 Å². The fraction of sp³-hybridized carbons (Fsp3) is 0.700. The maximum absolute atomic E-state index is 11.6. The number of hydrogen-bond acceptors (Lipinski definition) is 2. The van der Waals surface area contributed by atoms with Crippen molar-refractivity contribution in [2.24, 2.45) is 0 Å². The Morgan fingerprint density at radius 2 is 2.31 bits per heavy atom. The first-order valence-electron chi connectivity index (χ1n) is 4.56. The number of nitrogens with one attached hydrogen (secondary N) is 1. The Morgan fingerprint density at radius 1 is 1.69 bits per heavy atom. The van der Waals surface area contributed by atoms with Crippen molar-refractivity contribution in [3.63, 3.8) is 0 Å². The van der Waals surface area contributed by atoms with Crippen molar-refractivity contribution in [1.29, 1.82) is 0 Å². The lowest BCUT2D eigenvalue weighted by atomic mass is 10.2. The zero-order chi connectivity index (χ0) is 10.3. The smallest absolute Gasteiger partial charge is 0.240 e. The Bertz CT molecular complexity index is 196.